The Kier molecular flexibility index (Phi) is 8.98. The summed E-state index contributed by atoms with van der Waals surface area (Å²) in [6.45, 7) is 10.3. The van der Waals surface area contributed by atoms with Crippen LogP contribution in [0.25, 0.3) is 0 Å². The number of benzene rings is 1. The van der Waals surface area contributed by atoms with E-state index in [1.54, 1.807) is 12.4 Å². The van der Waals surface area contributed by atoms with E-state index < -0.39 is 6.10 Å². The highest BCUT2D eigenvalue weighted by Gasteiger charge is 2.36. The molecule has 0 radical (unpaired) electrons. The van der Waals surface area contributed by atoms with Gasteiger partial charge < -0.3 is 19.5 Å². The average Bonchev–Trinajstić information content (AvgIpc) is 2.89. The summed E-state index contributed by atoms with van der Waals surface area (Å²) in [5.41, 5.74) is 1.31. The van der Waals surface area contributed by atoms with Crippen molar-refractivity contribution in [1.29, 1.82) is 0 Å². The summed E-state index contributed by atoms with van der Waals surface area (Å²) >= 11 is 0. The number of aliphatic hydroxyl groups is 1. The van der Waals surface area contributed by atoms with Gasteiger partial charge in [0.15, 0.2) is 5.75 Å². The third-order valence-corrected chi connectivity index (χ3v) is 6.99. The molecule has 1 aromatic carbocycles. The zero-order valence-electron chi connectivity index (χ0n) is 21.6. The van der Waals surface area contributed by atoms with Crippen LogP contribution in [-0.2, 0) is 11.3 Å². The number of aromatic nitrogens is 2. The lowest BCUT2D eigenvalue weighted by Gasteiger charge is -2.44. The number of piperidine rings is 1. The van der Waals surface area contributed by atoms with Crippen LogP contribution in [0.1, 0.15) is 45.6 Å². The van der Waals surface area contributed by atoms with Gasteiger partial charge in [-0.05, 0) is 38.7 Å². The number of anilines is 1. The number of aliphatic hydroxyl groups excluding tert-OH is 1. The first-order chi connectivity index (χ1) is 17.4. The minimum absolute atomic E-state index is 0.0290. The summed E-state index contributed by atoms with van der Waals surface area (Å²) in [6.07, 6.45) is 4.85. The maximum atomic E-state index is 13.1. The number of hydrogen-bond donors (Lipinski definition) is 1. The second-order valence-corrected chi connectivity index (χ2v) is 9.95. The summed E-state index contributed by atoms with van der Waals surface area (Å²) in [5.74, 6) is 1.14. The fourth-order valence-electron chi connectivity index (χ4n) is 4.93. The highest BCUT2D eigenvalue weighted by atomic mass is 16.6. The van der Waals surface area contributed by atoms with Gasteiger partial charge in [0.25, 0.3) is 0 Å². The van der Waals surface area contributed by atoms with E-state index in [-0.39, 0.29) is 30.9 Å². The molecule has 2 fully saturated rings. The zero-order chi connectivity index (χ0) is 25.5. The van der Waals surface area contributed by atoms with Crippen molar-refractivity contribution in [2.45, 2.75) is 70.9 Å². The molecular formula is C27H39N5O4. The standard InChI is InChI=1S/C27H39N5O4/c1-4-23(33)19-35-25-14-28-26(29-15-25)31-16-20(2)32(21(3)17-31)27(34)36-24-10-12-30(13-11-24)18-22-8-6-5-7-9-22/h5-9,14-15,20-21,23-24,33H,4,10-13,16-19H2,1-3H3/t20-,21+,23-/m0/s1. The SMILES string of the molecule is CC[C@H](O)COc1cnc(N2C[C@@H](C)N(C(=O)OC3CCN(Cc4ccccc4)CC3)[C@@H](C)C2)nc1. The van der Waals surface area contributed by atoms with E-state index in [0.717, 1.165) is 32.5 Å². The summed E-state index contributed by atoms with van der Waals surface area (Å²) in [5, 5.41) is 9.66. The smallest absolute Gasteiger partial charge is 0.410 e. The van der Waals surface area contributed by atoms with Crippen molar-refractivity contribution in [2.75, 3.05) is 37.7 Å². The van der Waals surface area contributed by atoms with Gasteiger partial charge in [0, 0.05) is 32.7 Å². The minimum Gasteiger partial charge on any atom is -0.488 e. The maximum Gasteiger partial charge on any atom is 0.410 e. The molecule has 0 unspecified atom stereocenters. The maximum absolute atomic E-state index is 13.1. The van der Waals surface area contributed by atoms with Crippen LogP contribution in [0, 0.1) is 0 Å². The fourth-order valence-corrected chi connectivity index (χ4v) is 4.93. The highest BCUT2D eigenvalue weighted by molar-refractivity contribution is 5.69. The van der Waals surface area contributed by atoms with Gasteiger partial charge in [0.2, 0.25) is 5.95 Å². The predicted octanol–water partition coefficient (Wildman–Crippen LogP) is 3.33. The molecule has 36 heavy (non-hydrogen) atoms. The number of carbonyl (C=O) groups excluding carboxylic acids is 1. The van der Waals surface area contributed by atoms with Crippen molar-refractivity contribution in [1.82, 2.24) is 19.8 Å². The predicted molar refractivity (Wildman–Crippen MR) is 138 cm³/mol. The van der Waals surface area contributed by atoms with E-state index in [9.17, 15) is 9.90 Å². The monoisotopic (exact) mass is 497 g/mol. The molecule has 3 heterocycles. The largest absolute Gasteiger partial charge is 0.488 e. The molecule has 0 spiro atoms. The molecule has 2 aromatic rings. The Morgan fingerprint density at radius 1 is 1.08 bits per heavy atom. The third kappa shape index (κ3) is 6.85. The van der Waals surface area contributed by atoms with Crippen LogP contribution in [0.2, 0.25) is 0 Å². The molecule has 0 bridgehead atoms. The molecule has 4 rings (SSSR count). The Hall–Kier alpha value is -2.91. The summed E-state index contributed by atoms with van der Waals surface area (Å²) < 4.78 is 11.5. The Bertz CT molecular complexity index is 940. The molecule has 0 saturated carbocycles. The van der Waals surface area contributed by atoms with E-state index >= 15 is 0 Å². The number of piperazine rings is 1. The van der Waals surface area contributed by atoms with Crippen molar-refractivity contribution >= 4 is 12.0 Å². The van der Waals surface area contributed by atoms with Gasteiger partial charge in [0.05, 0.1) is 30.6 Å². The Morgan fingerprint density at radius 2 is 1.72 bits per heavy atom. The highest BCUT2D eigenvalue weighted by Crippen LogP contribution is 2.24. The van der Waals surface area contributed by atoms with E-state index in [2.05, 4.69) is 44.0 Å². The molecule has 1 amide bonds. The van der Waals surface area contributed by atoms with Crippen molar-refractivity contribution < 1.29 is 19.4 Å². The summed E-state index contributed by atoms with van der Waals surface area (Å²) in [6, 6.07) is 10.4. The van der Waals surface area contributed by atoms with Crippen LogP contribution in [0.5, 0.6) is 5.75 Å². The van der Waals surface area contributed by atoms with E-state index in [4.69, 9.17) is 9.47 Å². The molecule has 2 aliphatic rings. The van der Waals surface area contributed by atoms with Gasteiger partial charge in [-0.1, -0.05) is 37.3 Å². The van der Waals surface area contributed by atoms with Gasteiger partial charge in [0.1, 0.15) is 12.7 Å². The van der Waals surface area contributed by atoms with Crippen molar-refractivity contribution in [3.8, 4) is 5.75 Å². The molecule has 9 nitrogen and oxygen atoms in total. The molecule has 196 valence electrons. The van der Waals surface area contributed by atoms with Gasteiger partial charge in [-0.25, -0.2) is 14.8 Å². The summed E-state index contributed by atoms with van der Waals surface area (Å²) in [4.78, 5) is 28.4. The second kappa shape index (κ2) is 12.4. The third-order valence-electron chi connectivity index (χ3n) is 6.99. The normalized spacial score (nSPS) is 22.3. The van der Waals surface area contributed by atoms with Gasteiger partial charge >= 0.3 is 6.09 Å². The van der Waals surface area contributed by atoms with Crippen LogP contribution in [0.3, 0.4) is 0 Å². The van der Waals surface area contributed by atoms with E-state index in [1.165, 1.54) is 5.56 Å². The molecule has 3 atom stereocenters. The number of ether oxygens (including phenoxy) is 2. The Labute approximate surface area is 214 Å². The molecule has 2 aliphatic heterocycles. The lowest BCUT2D eigenvalue weighted by molar-refractivity contribution is 0.00995. The van der Waals surface area contributed by atoms with Crippen LogP contribution in [-0.4, -0.2) is 88.0 Å². The average molecular weight is 498 g/mol. The van der Waals surface area contributed by atoms with Crippen LogP contribution in [0.4, 0.5) is 10.7 Å². The lowest BCUT2D eigenvalue weighted by Crippen LogP contribution is -2.59. The van der Waals surface area contributed by atoms with Gasteiger partial charge in [-0.15, -0.1) is 0 Å². The van der Waals surface area contributed by atoms with Crippen LogP contribution in [0.15, 0.2) is 42.7 Å². The minimum atomic E-state index is -0.499. The van der Waals surface area contributed by atoms with E-state index in [0.29, 0.717) is 31.2 Å². The molecular weight excluding hydrogens is 458 g/mol. The van der Waals surface area contributed by atoms with E-state index in [1.807, 2.05) is 31.7 Å². The first kappa shape index (κ1) is 26.2. The molecule has 1 N–H and O–H groups in total. The van der Waals surface area contributed by atoms with Gasteiger partial charge in [-0.3, -0.25) is 9.80 Å². The lowest BCUT2D eigenvalue weighted by atomic mass is 10.1. The Morgan fingerprint density at radius 3 is 2.33 bits per heavy atom. The number of rotatable bonds is 8. The number of carbonyl (C=O) groups is 1. The first-order valence-corrected chi connectivity index (χ1v) is 13.1. The molecule has 1 aromatic heterocycles. The molecule has 2 saturated heterocycles. The fraction of sp³-hybridized carbons (Fsp3) is 0.593. The number of amides is 1. The van der Waals surface area contributed by atoms with Crippen LogP contribution < -0.4 is 9.64 Å². The second-order valence-electron chi connectivity index (χ2n) is 9.95. The number of hydrogen-bond acceptors (Lipinski definition) is 8. The Balaban J connectivity index is 1.24. The molecule has 0 aliphatic carbocycles. The first-order valence-electron chi connectivity index (χ1n) is 13.1. The quantitative estimate of drug-likeness (QED) is 0.594. The zero-order valence-corrected chi connectivity index (χ0v) is 21.6. The van der Waals surface area contributed by atoms with Crippen molar-refractivity contribution in [2.24, 2.45) is 0 Å². The molecule has 9 heteroatoms. The van der Waals surface area contributed by atoms with Gasteiger partial charge in [-0.2, -0.15) is 0 Å². The summed E-state index contributed by atoms with van der Waals surface area (Å²) in [7, 11) is 0. The number of likely N-dealkylation sites (tertiary alicyclic amines) is 1. The van der Waals surface area contributed by atoms with Crippen molar-refractivity contribution in [3.05, 3.63) is 48.3 Å². The van der Waals surface area contributed by atoms with Crippen LogP contribution >= 0.6 is 0 Å². The number of nitrogens with zero attached hydrogens (tertiary/aromatic N) is 5. The topological polar surface area (TPSA) is 91.3 Å². The van der Waals surface area contributed by atoms with Crippen molar-refractivity contribution in [3.63, 3.8) is 0 Å².